The Kier molecular flexibility index (Phi) is 3.47. The van der Waals surface area contributed by atoms with E-state index >= 15 is 0 Å². The van der Waals surface area contributed by atoms with Crippen LogP contribution in [0.5, 0.6) is 5.75 Å². The van der Waals surface area contributed by atoms with Crippen LogP contribution in [0, 0.1) is 0 Å². The van der Waals surface area contributed by atoms with Crippen LogP contribution in [-0.2, 0) is 0 Å². The van der Waals surface area contributed by atoms with Crippen LogP contribution in [0.4, 0.5) is 0 Å². The van der Waals surface area contributed by atoms with Gasteiger partial charge < -0.3 is 4.74 Å². The number of fused-ring (bicyclic) bond motifs is 2. The molecule has 0 fully saturated rings. The molecule has 126 valence electrons. The molecule has 26 heavy (non-hydrogen) atoms. The Morgan fingerprint density at radius 1 is 0.923 bits per heavy atom. The Morgan fingerprint density at radius 3 is 2.62 bits per heavy atom. The first-order valence-corrected chi connectivity index (χ1v) is 9.16. The molecule has 0 saturated carbocycles. The van der Waals surface area contributed by atoms with Gasteiger partial charge in [0.2, 0.25) is 0 Å². The van der Waals surface area contributed by atoms with Gasteiger partial charge in [0, 0.05) is 39.2 Å². The molecule has 0 aliphatic heterocycles. The number of nitrogens with zero attached hydrogens (tertiary/aromatic N) is 3. The van der Waals surface area contributed by atoms with E-state index in [1.807, 2.05) is 47.4 Å². The van der Waals surface area contributed by atoms with Crippen molar-refractivity contribution in [3.63, 3.8) is 0 Å². The van der Waals surface area contributed by atoms with Crippen LogP contribution in [0.3, 0.4) is 0 Å². The summed E-state index contributed by atoms with van der Waals surface area (Å²) in [6.07, 6.45) is 5.81. The van der Waals surface area contributed by atoms with E-state index in [9.17, 15) is 0 Å². The third-order valence-electron chi connectivity index (χ3n) is 4.55. The predicted octanol–water partition coefficient (Wildman–Crippen LogP) is 5.29. The van der Waals surface area contributed by atoms with Crippen LogP contribution >= 0.6 is 11.3 Å². The molecule has 0 radical (unpaired) electrons. The molecule has 0 amide bonds. The molecule has 5 aromatic rings. The topological polar surface area (TPSA) is 39.4 Å². The minimum Gasteiger partial charge on any atom is -0.497 e. The fourth-order valence-electron chi connectivity index (χ4n) is 3.18. The number of ether oxygens (including phenoxy) is 1. The van der Waals surface area contributed by atoms with Crippen molar-refractivity contribution < 1.29 is 4.74 Å². The van der Waals surface area contributed by atoms with E-state index in [4.69, 9.17) is 9.72 Å². The standard InChI is InChI=1S/C21H15N3OS/c1-25-16-8-6-14(7-9-16)15-10-22-21-18(11-23-24(21)12-15)19-13-26-20-5-3-2-4-17(19)20/h2-13H,1H3. The van der Waals surface area contributed by atoms with Gasteiger partial charge in [0.15, 0.2) is 5.65 Å². The molecule has 0 bridgehead atoms. The third kappa shape index (κ3) is 2.36. The highest BCUT2D eigenvalue weighted by atomic mass is 32.1. The zero-order chi connectivity index (χ0) is 17.5. The molecule has 2 aromatic carbocycles. The summed E-state index contributed by atoms with van der Waals surface area (Å²) < 4.78 is 8.35. The quantitative estimate of drug-likeness (QED) is 0.441. The molecule has 0 unspecified atom stereocenters. The molecule has 0 aliphatic carbocycles. The Hall–Kier alpha value is -3.18. The van der Waals surface area contributed by atoms with E-state index in [2.05, 4.69) is 34.7 Å². The summed E-state index contributed by atoms with van der Waals surface area (Å²) in [6.45, 7) is 0. The van der Waals surface area contributed by atoms with Gasteiger partial charge in [0.05, 0.1) is 13.3 Å². The number of hydrogen-bond acceptors (Lipinski definition) is 4. The lowest BCUT2D eigenvalue weighted by atomic mass is 10.1. The first kappa shape index (κ1) is 15.1. The summed E-state index contributed by atoms with van der Waals surface area (Å²) in [6, 6.07) is 16.4. The summed E-state index contributed by atoms with van der Waals surface area (Å²) in [7, 11) is 1.67. The fraction of sp³-hybridized carbons (Fsp3) is 0.0476. The van der Waals surface area contributed by atoms with Crippen LogP contribution in [0.15, 0.2) is 72.5 Å². The maximum Gasteiger partial charge on any atom is 0.162 e. The highest BCUT2D eigenvalue weighted by Gasteiger charge is 2.13. The van der Waals surface area contributed by atoms with Gasteiger partial charge in [0.25, 0.3) is 0 Å². The van der Waals surface area contributed by atoms with Crippen molar-refractivity contribution in [1.82, 2.24) is 14.6 Å². The molecule has 3 aromatic heterocycles. The molecular formula is C21H15N3OS. The maximum absolute atomic E-state index is 5.22. The molecular weight excluding hydrogens is 342 g/mol. The Balaban J connectivity index is 1.61. The Morgan fingerprint density at radius 2 is 1.77 bits per heavy atom. The average molecular weight is 357 g/mol. The van der Waals surface area contributed by atoms with Gasteiger partial charge in [0.1, 0.15) is 5.75 Å². The second-order valence-electron chi connectivity index (χ2n) is 6.04. The number of thiophene rings is 1. The Labute approximate surface area is 154 Å². The van der Waals surface area contributed by atoms with Crippen LogP contribution in [-0.4, -0.2) is 21.7 Å². The number of benzene rings is 2. The van der Waals surface area contributed by atoms with Crippen molar-refractivity contribution >= 4 is 27.1 Å². The summed E-state index contributed by atoms with van der Waals surface area (Å²) in [5, 5.41) is 7.96. The van der Waals surface area contributed by atoms with E-state index in [0.29, 0.717) is 0 Å². The van der Waals surface area contributed by atoms with Gasteiger partial charge in [-0.05, 0) is 29.1 Å². The minimum atomic E-state index is 0.841. The summed E-state index contributed by atoms with van der Waals surface area (Å²) in [4.78, 5) is 4.70. The number of aromatic nitrogens is 3. The molecule has 5 heteroatoms. The monoisotopic (exact) mass is 357 g/mol. The van der Waals surface area contributed by atoms with E-state index in [-0.39, 0.29) is 0 Å². The molecule has 5 rings (SSSR count). The number of methoxy groups -OCH3 is 1. The number of rotatable bonds is 3. The maximum atomic E-state index is 5.22. The van der Waals surface area contributed by atoms with Crippen molar-refractivity contribution in [1.29, 1.82) is 0 Å². The van der Waals surface area contributed by atoms with E-state index < -0.39 is 0 Å². The highest BCUT2D eigenvalue weighted by molar-refractivity contribution is 7.17. The van der Waals surface area contributed by atoms with Gasteiger partial charge >= 0.3 is 0 Å². The lowest BCUT2D eigenvalue weighted by Crippen LogP contribution is -1.92. The van der Waals surface area contributed by atoms with Gasteiger partial charge in [-0.2, -0.15) is 5.10 Å². The smallest absolute Gasteiger partial charge is 0.162 e. The average Bonchev–Trinajstić information content (AvgIpc) is 3.31. The molecule has 0 atom stereocenters. The second-order valence-corrected chi connectivity index (χ2v) is 6.95. The van der Waals surface area contributed by atoms with Crippen LogP contribution < -0.4 is 4.74 Å². The zero-order valence-electron chi connectivity index (χ0n) is 14.1. The molecule has 0 aliphatic rings. The SMILES string of the molecule is COc1ccc(-c2cnc3c(-c4csc5ccccc45)cnn3c2)cc1. The minimum absolute atomic E-state index is 0.841. The summed E-state index contributed by atoms with van der Waals surface area (Å²) >= 11 is 1.75. The van der Waals surface area contributed by atoms with Crippen LogP contribution in [0.2, 0.25) is 0 Å². The zero-order valence-corrected chi connectivity index (χ0v) is 14.9. The lowest BCUT2D eigenvalue weighted by Gasteiger charge is -2.04. The first-order valence-electron chi connectivity index (χ1n) is 8.28. The Bertz CT molecular complexity index is 1220. The third-order valence-corrected chi connectivity index (χ3v) is 5.51. The number of hydrogen-bond donors (Lipinski definition) is 0. The van der Waals surface area contributed by atoms with Crippen molar-refractivity contribution in [2.75, 3.05) is 7.11 Å². The first-order chi connectivity index (χ1) is 12.8. The molecule has 4 nitrogen and oxygen atoms in total. The molecule has 0 N–H and O–H groups in total. The van der Waals surface area contributed by atoms with Crippen molar-refractivity contribution in [2.45, 2.75) is 0 Å². The van der Waals surface area contributed by atoms with Gasteiger partial charge in [-0.15, -0.1) is 11.3 Å². The van der Waals surface area contributed by atoms with Crippen molar-refractivity contribution in [2.24, 2.45) is 0 Å². The second kappa shape index (κ2) is 5.97. The highest BCUT2D eigenvalue weighted by Crippen LogP contribution is 2.35. The molecule has 3 heterocycles. The molecule has 0 saturated heterocycles. The van der Waals surface area contributed by atoms with Crippen LogP contribution in [0.25, 0.3) is 38.0 Å². The van der Waals surface area contributed by atoms with Gasteiger partial charge in [-0.1, -0.05) is 30.3 Å². The van der Waals surface area contributed by atoms with Crippen molar-refractivity contribution in [3.05, 3.63) is 72.5 Å². The van der Waals surface area contributed by atoms with Crippen LogP contribution in [0.1, 0.15) is 0 Å². The largest absolute Gasteiger partial charge is 0.497 e. The van der Waals surface area contributed by atoms with Crippen molar-refractivity contribution in [3.8, 4) is 28.0 Å². The van der Waals surface area contributed by atoms with E-state index in [1.54, 1.807) is 18.4 Å². The lowest BCUT2D eigenvalue weighted by molar-refractivity contribution is 0.415. The fourth-order valence-corrected chi connectivity index (χ4v) is 4.14. The van der Waals surface area contributed by atoms with E-state index in [0.717, 1.165) is 28.1 Å². The van der Waals surface area contributed by atoms with Gasteiger partial charge in [-0.25, -0.2) is 9.50 Å². The normalized spacial score (nSPS) is 11.3. The van der Waals surface area contributed by atoms with E-state index in [1.165, 1.54) is 15.6 Å². The molecule has 0 spiro atoms. The van der Waals surface area contributed by atoms with Gasteiger partial charge in [-0.3, -0.25) is 0 Å². The summed E-state index contributed by atoms with van der Waals surface area (Å²) in [5.74, 6) is 0.841. The predicted molar refractivity (Wildman–Crippen MR) is 106 cm³/mol. The summed E-state index contributed by atoms with van der Waals surface area (Å²) in [5.41, 5.74) is 5.21.